The molecule has 0 bridgehead atoms. The summed E-state index contributed by atoms with van der Waals surface area (Å²) in [6.45, 7) is 14.6. The van der Waals surface area contributed by atoms with Crippen LogP contribution in [0.3, 0.4) is 0 Å². The van der Waals surface area contributed by atoms with Crippen LogP contribution in [0.2, 0.25) is 0 Å². The first-order valence-electron chi connectivity index (χ1n) is 16.8. The number of hydrogen-bond donors (Lipinski definition) is 0. The van der Waals surface area contributed by atoms with Crippen molar-refractivity contribution in [3.05, 3.63) is 48.4 Å². The second-order valence-electron chi connectivity index (χ2n) is 13.1. The van der Waals surface area contributed by atoms with Gasteiger partial charge in [-0.3, -0.25) is 9.97 Å². The zero-order chi connectivity index (χ0) is 28.4. The molecule has 2 aromatic heterocycles. The van der Waals surface area contributed by atoms with E-state index in [0.717, 1.165) is 11.3 Å². The Balaban J connectivity index is 2.15. The van der Waals surface area contributed by atoms with Crippen LogP contribution in [0.4, 0.5) is 0 Å². The van der Waals surface area contributed by atoms with Crippen molar-refractivity contribution in [2.45, 2.75) is 163 Å². The van der Waals surface area contributed by atoms with Gasteiger partial charge in [-0.05, 0) is 66.2 Å². The van der Waals surface area contributed by atoms with Gasteiger partial charge >= 0.3 is 0 Å². The minimum Gasteiger partial charge on any atom is -0.265 e. The SMILES string of the molecule is CCCCCCCCCCCCC(C)(CCC)C(CC(C)(CC)CCCC)c1ccc(-c2ccncc2)nc1. The van der Waals surface area contributed by atoms with Crippen LogP contribution in [-0.2, 0) is 0 Å². The van der Waals surface area contributed by atoms with Crippen LogP contribution in [-0.4, -0.2) is 9.97 Å². The Labute approximate surface area is 243 Å². The highest BCUT2D eigenvalue weighted by Gasteiger charge is 2.38. The number of unbranched alkanes of at least 4 members (excludes halogenated alkanes) is 10. The molecule has 0 saturated heterocycles. The fraction of sp³-hybridized carbons (Fsp3) is 0.730. The minimum absolute atomic E-state index is 0.317. The molecule has 0 N–H and O–H groups in total. The summed E-state index contributed by atoms with van der Waals surface area (Å²) in [5.74, 6) is 0.553. The molecule has 39 heavy (non-hydrogen) atoms. The van der Waals surface area contributed by atoms with E-state index in [1.54, 1.807) is 0 Å². The molecular formula is C37H62N2. The predicted molar refractivity (Wildman–Crippen MR) is 172 cm³/mol. The smallest absolute Gasteiger partial charge is 0.0703 e. The second-order valence-corrected chi connectivity index (χ2v) is 13.1. The Bertz CT molecular complexity index is 861. The molecule has 0 aliphatic carbocycles. The van der Waals surface area contributed by atoms with E-state index in [4.69, 9.17) is 4.98 Å². The van der Waals surface area contributed by atoms with Crippen LogP contribution in [0.15, 0.2) is 42.9 Å². The van der Waals surface area contributed by atoms with E-state index in [-0.39, 0.29) is 0 Å². The largest absolute Gasteiger partial charge is 0.265 e. The van der Waals surface area contributed by atoms with Gasteiger partial charge in [0.15, 0.2) is 0 Å². The van der Waals surface area contributed by atoms with E-state index < -0.39 is 0 Å². The van der Waals surface area contributed by atoms with E-state index in [0.29, 0.717) is 16.7 Å². The van der Waals surface area contributed by atoms with Crippen LogP contribution >= 0.6 is 0 Å². The highest BCUT2D eigenvalue weighted by atomic mass is 14.7. The highest BCUT2D eigenvalue weighted by Crippen LogP contribution is 2.51. The molecule has 0 saturated carbocycles. The lowest BCUT2D eigenvalue weighted by Gasteiger charge is -2.43. The Morgan fingerprint density at radius 1 is 0.641 bits per heavy atom. The zero-order valence-electron chi connectivity index (χ0n) is 26.7. The maximum absolute atomic E-state index is 4.99. The van der Waals surface area contributed by atoms with Gasteiger partial charge in [0.2, 0.25) is 0 Å². The van der Waals surface area contributed by atoms with Crippen LogP contribution in [0.5, 0.6) is 0 Å². The summed E-state index contributed by atoms with van der Waals surface area (Å²) >= 11 is 0. The van der Waals surface area contributed by atoms with E-state index in [1.807, 2.05) is 12.4 Å². The molecule has 0 aromatic carbocycles. The summed E-state index contributed by atoms with van der Waals surface area (Å²) in [7, 11) is 0. The minimum atomic E-state index is 0.317. The third kappa shape index (κ3) is 11.7. The van der Waals surface area contributed by atoms with Crippen molar-refractivity contribution in [1.29, 1.82) is 0 Å². The van der Waals surface area contributed by atoms with Gasteiger partial charge in [0.25, 0.3) is 0 Å². The van der Waals surface area contributed by atoms with Gasteiger partial charge in [-0.1, -0.05) is 138 Å². The Morgan fingerprint density at radius 3 is 1.79 bits per heavy atom. The van der Waals surface area contributed by atoms with Crippen molar-refractivity contribution < 1.29 is 0 Å². The molecule has 3 atom stereocenters. The van der Waals surface area contributed by atoms with Gasteiger partial charge in [-0.15, -0.1) is 0 Å². The molecule has 2 heteroatoms. The number of nitrogens with zero attached hydrogens (tertiary/aromatic N) is 2. The molecule has 2 rings (SSSR count). The molecular weight excluding hydrogens is 472 g/mol. The Hall–Kier alpha value is -1.70. The molecule has 0 radical (unpaired) electrons. The summed E-state index contributed by atoms with van der Waals surface area (Å²) in [5, 5.41) is 0. The first-order chi connectivity index (χ1) is 18.9. The quantitative estimate of drug-likeness (QED) is 0.140. The topological polar surface area (TPSA) is 25.8 Å². The third-order valence-electron chi connectivity index (χ3n) is 9.61. The van der Waals surface area contributed by atoms with Crippen molar-refractivity contribution in [3.8, 4) is 11.3 Å². The van der Waals surface area contributed by atoms with Crippen LogP contribution < -0.4 is 0 Å². The summed E-state index contributed by atoms with van der Waals surface area (Å²) in [6.07, 6.45) is 30.4. The van der Waals surface area contributed by atoms with Gasteiger partial charge in [0, 0.05) is 24.2 Å². The average molecular weight is 535 g/mol. The number of hydrogen-bond acceptors (Lipinski definition) is 2. The van der Waals surface area contributed by atoms with E-state index in [2.05, 4.69) is 77.0 Å². The lowest BCUT2D eigenvalue weighted by Crippen LogP contribution is -2.31. The first kappa shape index (κ1) is 33.5. The highest BCUT2D eigenvalue weighted by molar-refractivity contribution is 5.58. The van der Waals surface area contributed by atoms with Crippen LogP contribution in [0.1, 0.15) is 169 Å². The number of aromatic nitrogens is 2. The maximum Gasteiger partial charge on any atom is 0.0703 e. The second kappa shape index (κ2) is 18.6. The van der Waals surface area contributed by atoms with E-state index in [1.165, 1.54) is 121 Å². The fourth-order valence-corrected chi connectivity index (χ4v) is 6.65. The van der Waals surface area contributed by atoms with E-state index >= 15 is 0 Å². The Morgan fingerprint density at radius 2 is 1.26 bits per heavy atom. The molecule has 2 aromatic rings. The third-order valence-corrected chi connectivity index (χ3v) is 9.61. The first-order valence-corrected chi connectivity index (χ1v) is 16.8. The van der Waals surface area contributed by atoms with Gasteiger partial charge in [-0.25, -0.2) is 0 Å². The molecule has 2 nitrogen and oxygen atoms in total. The van der Waals surface area contributed by atoms with Crippen molar-refractivity contribution in [2.24, 2.45) is 10.8 Å². The zero-order valence-corrected chi connectivity index (χ0v) is 26.7. The summed E-state index contributed by atoms with van der Waals surface area (Å²) in [5.41, 5.74) is 4.36. The van der Waals surface area contributed by atoms with E-state index in [9.17, 15) is 0 Å². The molecule has 0 spiro atoms. The normalized spacial score (nSPS) is 15.5. The van der Waals surface area contributed by atoms with Gasteiger partial charge in [0.05, 0.1) is 5.69 Å². The molecule has 0 aliphatic rings. The molecule has 0 amide bonds. The number of pyridine rings is 2. The summed E-state index contributed by atoms with van der Waals surface area (Å²) < 4.78 is 0. The molecule has 220 valence electrons. The summed E-state index contributed by atoms with van der Waals surface area (Å²) in [6, 6.07) is 8.77. The fourth-order valence-electron chi connectivity index (χ4n) is 6.65. The van der Waals surface area contributed by atoms with Crippen molar-refractivity contribution >= 4 is 0 Å². The molecule has 2 heterocycles. The lowest BCUT2D eigenvalue weighted by atomic mass is 9.61. The van der Waals surface area contributed by atoms with Crippen molar-refractivity contribution in [1.82, 2.24) is 9.97 Å². The predicted octanol–water partition coefficient (Wildman–Crippen LogP) is 12.3. The van der Waals surface area contributed by atoms with Crippen molar-refractivity contribution in [2.75, 3.05) is 0 Å². The molecule has 0 fully saturated rings. The summed E-state index contributed by atoms with van der Waals surface area (Å²) in [4.78, 5) is 9.17. The lowest BCUT2D eigenvalue weighted by molar-refractivity contribution is 0.130. The van der Waals surface area contributed by atoms with Crippen LogP contribution in [0.25, 0.3) is 11.3 Å². The average Bonchev–Trinajstić information content (AvgIpc) is 2.96. The van der Waals surface area contributed by atoms with Gasteiger partial charge in [-0.2, -0.15) is 0 Å². The molecule has 0 aliphatic heterocycles. The Kier molecular flexibility index (Phi) is 16.0. The van der Waals surface area contributed by atoms with Crippen molar-refractivity contribution in [3.63, 3.8) is 0 Å². The number of rotatable bonds is 22. The monoisotopic (exact) mass is 534 g/mol. The van der Waals surface area contributed by atoms with Crippen LogP contribution in [0, 0.1) is 10.8 Å². The maximum atomic E-state index is 4.99. The standard InChI is InChI=1S/C37H62N2/c1-7-11-13-14-15-16-17-18-19-20-27-37(6,25-9-3)34(30-36(5,10-4)26-12-8-2)33-21-22-35(39-31-33)32-23-28-38-29-24-32/h21-24,28-29,31,34H,7-20,25-27,30H2,1-6H3. The molecule has 3 unspecified atom stereocenters. The van der Waals surface area contributed by atoms with Gasteiger partial charge < -0.3 is 0 Å². The van der Waals surface area contributed by atoms with Gasteiger partial charge in [0.1, 0.15) is 0 Å².